The number of para-hydroxylation sites is 1. The van der Waals surface area contributed by atoms with E-state index in [1.807, 2.05) is 23.1 Å². The van der Waals surface area contributed by atoms with E-state index in [4.69, 9.17) is 4.74 Å². The number of hydrogen-bond donors (Lipinski definition) is 1. The zero-order valence-corrected chi connectivity index (χ0v) is 13.6. The van der Waals surface area contributed by atoms with Crippen LogP contribution < -0.4 is 10.1 Å². The molecule has 1 aliphatic rings. The van der Waals surface area contributed by atoms with Gasteiger partial charge < -0.3 is 15.0 Å². The van der Waals surface area contributed by atoms with Crippen LogP contribution in [0.25, 0.3) is 0 Å². The summed E-state index contributed by atoms with van der Waals surface area (Å²) in [6.45, 7) is 3.51. The fourth-order valence-corrected chi connectivity index (χ4v) is 2.93. The van der Waals surface area contributed by atoms with Crippen LogP contribution in [0.15, 0.2) is 24.3 Å². The van der Waals surface area contributed by atoms with E-state index < -0.39 is 0 Å². The summed E-state index contributed by atoms with van der Waals surface area (Å²) in [5.74, 6) is 1.23. The molecule has 1 N–H and O–H groups in total. The van der Waals surface area contributed by atoms with Crippen molar-refractivity contribution < 1.29 is 9.53 Å². The first-order valence-corrected chi connectivity index (χ1v) is 8.41. The second kappa shape index (κ2) is 9.46. The van der Waals surface area contributed by atoms with E-state index in [9.17, 15) is 4.79 Å². The van der Waals surface area contributed by atoms with E-state index in [0.29, 0.717) is 12.3 Å². The van der Waals surface area contributed by atoms with Crippen molar-refractivity contribution in [3.63, 3.8) is 0 Å². The number of carbonyl (C=O) groups excluding carboxylic acids is 1. The van der Waals surface area contributed by atoms with Crippen LogP contribution in [0.5, 0.6) is 5.75 Å². The summed E-state index contributed by atoms with van der Waals surface area (Å²) in [4.78, 5) is 14.2. The molecule has 0 unspecified atom stereocenters. The Morgan fingerprint density at radius 1 is 1.14 bits per heavy atom. The molecule has 0 spiro atoms. The third-order valence-electron chi connectivity index (χ3n) is 4.24. The van der Waals surface area contributed by atoms with Crippen LogP contribution in [0.4, 0.5) is 0 Å². The molecule has 0 aromatic heterocycles. The molecule has 22 heavy (non-hydrogen) atoms. The number of ether oxygens (including phenoxy) is 1. The summed E-state index contributed by atoms with van der Waals surface area (Å²) in [6.07, 6.45) is 6.37. The molecule has 1 aliphatic heterocycles. The highest BCUT2D eigenvalue weighted by molar-refractivity contribution is 5.76. The van der Waals surface area contributed by atoms with Gasteiger partial charge in [-0.25, -0.2) is 0 Å². The van der Waals surface area contributed by atoms with Crippen LogP contribution in [-0.4, -0.2) is 44.1 Å². The summed E-state index contributed by atoms with van der Waals surface area (Å²) in [6, 6.07) is 8.08. The highest BCUT2D eigenvalue weighted by Gasteiger charge is 2.14. The van der Waals surface area contributed by atoms with E-state index in [1.54, 1.807) is 7.11 Å². The minimum absolute atomic E-state index is 0.298. The molecule has 0 atom stereocenters. The van der Waals surface area contributed by atoms with Crippen LogP contribution in [0.1, 0.15) is 37.7 Å². The molecule has 1 heterocycles. The molecule has 1 aromatic rings. The topological polar surface area (TPSA) is 41.6 Å². The first-order valence-electron chi connectivity index (χ1n) is 8.41. The average Bonchev–Trinajstić information content (AvgIpc) is 2.84. The number of rotatable bonds is 7. The van der Waals surface area contributed by atoms with Gasteiger partial charge in [-0.3, -0.25) is 4.79 Å². The number of nitrogens with one attached hydrogen (secondary N) is 1. The van der Waals surface area contributed by atoms with Gasteiger partial charge in [-0.1, -0.05) is 31.0 Å². The summed E-state index contributed by atoms with van der Waals surface area (Å²) < 4.78 is 5.34. The van der Waals surface area contributed by atoms with Gasteiger partial charge >= 0.3 is 0 Å². The fourth-order valence-electron chi connectivity index (χ4n) is 2.93. The van der Waals surface area contributed by atoms with Crippen molar-refractivity contribution in [3.8, 4) is 5.75 Å². The SMILES string of the molecule is COc1ccccc1CCNCCC(=O)N1CCCCCC1. The van der Waals surface area contributed by atoms with E-state index in [-0.39, 0.29) is 0 Å². The van der Waals surface area contributed by atoms with Crippen LogP contribution in [0.2, 0.25) is 0 Å². The predicted octanol–water partition coefficient (Wildman–Crippen LogP) is 2.62. The fraction of sp³-hybridized carbons (Fsp3) is 0.611. The molecule has 0 saturated carbocycles. The Morgan fingerprint density at radius 2 is 1.86 bits per heavy atom. The number of carbonyl (C=O) groups is 1. The van der Waals surface area contributed by atoms with Crippen LogP contribution in [0.3, 0.4) is 0 Å². The zero-order chi connectivity index (χ0) is 15.6. The van der Waals surface area contributed by atoms with Crippen LogP contribution in [0, 0.1) is 0 Å². The van der Waals surface area contributed by atoms with E-state index in [1.165, 1.54) is 18.4 Å². The first kappa shape index (κ1) is 16.8. The van der Waals surface area contributed by atoms with Gasteiger partial charge in [-0.2, -0.15) is 0 Å². The maximum absolute atomic E-state index is 12.2. The number of benzene rings is 1. The lowest BCUT2D eigenvalue weighted by Crippen LogP contribution is -2.34. The average molecular weight is 304 g/mol. The van der Waals surface area contributed by atoms with Gasteiger partial charge in [0.15, 0.2) is 0 Å². The number of likely N-dealkylation sites (tertiary alicyclic amines) is 1. The molecule has 0 bridgehead atoms. The Balaban J connectivity index is 1.63. The highest BCUT2D eigenvalue weighted by Crippen LogP contribution is 2.17. The molecule has 1 fully saturated rings. The lowest BCUT2D eigenvalue weighted by Gasteiger charge is -2.20. The molecular weight excluding hydrogens is 276 g/mol. The van der Waals surface area contributed by atoms with Gasteiger partial charge in [0, 0.05) is 26.1 Å². The van der Waals surface area contributed by atoms with Gasteiger partial charge in [-0.15, -0.1) is 0 Å². The third-order valence-corrected chi connectivity index (χ3v) is 4.24. The molecular formula is C18H28N2O2. The molecule has 1 aromatic carbocycles. The molecule has 2 rings (SSSR count). The lowest BCUT2D eigenvalue weighted by atomic mass is 10.1. The van der Waals surface area contributed by atoms with Gasteiger partial charge in [0.1, 0.15) is 5.75 Å². The minimum atomic E-state index is 0.298. The van der Waals surface area contributed by atoms with Gasteiger partial charge in [0.05, 0.1) is 7.11 Å². The van der Waals surface area contributed by atoms with E-state index >= 15 is 0 Å². The van der Waals surface area contributed by atoms with Crippen molar-refractivity contribution in [1.82, 2.24) is 10.2 Å². The molecule has 1 amide bonds. The molecule has 0 radical (unpaired) electrons. The van der Waals surface area contributed by atoms with Gasteiger partial charge in [-0.05, 0) is 37.4 Å². The Hall–Kier alpha value is -1.55. The van der Waals surface area contributed by atoms with Crippen LogP contribution in [-0.2, 0) is 11.2 Å². The lowest BCUT2D eigenvalue weighted by molar-refractivity contribution is -0.131. The Kier molecular flexibility index (Phi) is 7.23. The summed E-state index contributed by atoms with van der Waals surface area (Å²) >= 11 is 0. The monoisotopic (exact) mass is 304 g/mol. The predicted molar refractivity (Wildman–Crippen MR) is 89.2 cm³/mol. The number of amides is 1. The summed E-state index contributed by atoms with van der Waals surface area (Å²) in [5.41, 5.74) is 1.20. The van der Waals surface area contributed by atoms with E-state index in [2.05, 4.69) is 11.4 Å². The Morgan fingerprint density at radius 3 is 2.59 bits per heavy atom. The summed E-state index contributed by atoms with van der Waals surface area (Å²) in [7, 11) is 1.70. The maximum atomic E-state index is 12.2. The summed E-state index contributed by atoms with van der Waals surface area (Å²) in [5, 5.41) is 3.37. The zero-order valence-electron chi connectivity index (χ0n) is 13.6. The molecule has 0 aliphatic carbocycles. The molecule has 1 saturated heterocycles. The number of nitrogens with zero attached hydrogens (tertiary/aromatic N) is 1. The molecule has 122 valence electrons. The molecule has 4 nitrogen and oxygen atoms in total. The largest absolute Gasteiger partial charge is 0.496 e. The minimum Gasteiger partial charge on any atom is -0.496 e. The highest BCUT2D eigenvalue weighted by atomic mass is 16.5. The van der Waals surface area contributed by atoms with Crippen molar-refractivity contribution in [2.75, 3.05) is 33.3 Å². The van der Waals surface area contributed by atoms with E-state index in [0.717, 1.165) is 51.2 Å². The smallest absolute Gasteiger partial charge is 0.223 e. The molecule has 4 heteroatoms. The maximum Gasteiger partial charge on any atom is 0.223 e. The Labute approximate surface area is 133 Å². The van der Waals surface area contributed by atoms with Gasteiger partial charge in [0.2, 0.25) is 5.91 Å². The van der Waals surface area contributed by atoms with Gasteiger partial charge in [0.25, 0.3) is 0 Å². The number of methoxy groups -OCH3 is 1. The third kappa shape index (κ3) is 5.34. The Bertz CT molecular complexity index is 454. The second-order valence-electron chi connectivity index (χ2n) is 5.86. The van der Waals surface area contributed by atoms with Crippen molar-refractivity contribution in [2.45, 2.75) is 38.5 Å². The van der Waals surface area contributed by atoms with Crippen LogP contribution >= 0.6 is 0 Å². The normalized spacial score (nSPS) is 15.4. The van der Waals surface area contributed by atoms with Crippen molar-refractivity contribution >= 4 is 5.91 Å². The standard InChI is InChI=1S/C18H28N2O2/c1-22-17-9-5-4-8-16(17)10-12-19-13-11-18(21)20-14-6-2-3-7-15-20/h4-5,8-9,19H,2-3,6-7,10-15H2,1H3. The number of hydrogen-bond acceptors (Lipinski definition) is 3. The second-order valence-corrected chi connectivity index (χ2v) is 5.86. The van der Waals surface area contributed by atoms with Crippen molar-refractivity contribution in [1.29, 1.82) is 0 Å². The van der Waals surface area contributed by atoms with Crippen molar-refractivity contribution in [3.05, 3.63) is 29.8 Å². The quantitative estimate of drug-likeness (QED) is 0.787. The first-order chi connectivity index (χ1) is 10.8. The van der Waals surface area contributed by atoms with Crippen molar-refractivity contribution in [2.24, 2.45) is 0 Å².